The molecule has 0 heterocycles. The molecule has 0 unspecified atom stereocenters. The SMILES string of the molecule is O=Cc1cc(Br)ccc1OCc1ccc(N=O)cc1. The van der Waals surface area contributed by atoms with Crippen molar-refractivity contribution in [2.45, 2.75) is 6.61 Å². The van der Waals surface area contributed by atoms with E-state index < -0.39 is 0 Å². The highest BCUT2D eigenvalue weighted by atomic mass is 79.9. The molecule has 0 spiro atoms. The Labute approximate surface area is 118 Å². The van der Waals surface area contributed by atoms with Gasteiger partial charge in [0.2, 0.25) is 0 Å². The van der Waals surface area contributed by atoms with Crippen LogP contribution in [0.25, 0.3) is 0 Å². The molecule has 2 aromatic rings. The van der Waals surface area contributed by atoms with Gasteiger partial charge in [-0.1, -0.05) is 28.1 Å². The van der Waals surface area contributed by atoms with Crippen LogP contribution in [0, 0.1) is 4.91 Å². The van der Waals surface area contributed by atoms with Crippen LogP contribution >= 0.6 is 15.9 Å². The summed E-state index contributed by atoms with van der Waals surface area (Å²) in [4.78, 5) is 21.2. The maximum atomic E-state index is 10.9. The van der Waals surface area contributed by atoms with Crippen LogP contribution in [0.5, 0.6) is 5.75 Å². The summed E-state index contributed by atoms with van der Waals surface area (Å²) in [5, 5.41) is 2.82. The van der Waals surface area contributed by atoms with Gasteiger partial charge in [0.15, 0.2) is 6.29 Å². The average molecular weight is 320 g/mol. The number of nitrogens with zero attached hydrogens (tertiary/aromatic N) is 1. The fourth-order valence-electron chi connectivity index (χ4n) is 1.56. The molecule has 0 bridgehead atoms. The lowest BCUT2D eigenvalue weighted by Crippen LogP contribution is -1.98. The molecule has 2 rings (SSSR count). The molecule has 0 aliphatic heterocycles. The van der Waals surface area contributed by atoms with Gasteiger partial charge in [-0.25, -0.2) is 0 Å². The molecule has 0 saturated heterocycles. The zero-order valence-corrected chi connectivity index (χ0v) is 11.5. The minimum atomic E-state index is 0.321. The summed E-state index contributed by atoms with van der Waals surface area (Å²) in [5.41, 5.74) is 1.76. The van der Waals surface area contributed by atoms with E-state index in [-0.39, 0.29) is 0 Å². The normalized spacial score (nSPS) is 9.95. The number of nitroso groups, excluding NO2 is 1. The molecule has 0 aromatic heterocycles. The largest absolute Gasteiger partial charge is 0.488 e. The van der Waals surface area contributed by atoms with Crippen LogP contribution in [0.2, 0.25) is 0 Å². The number of aldehydes is 1. The van der Waals surface area contributed by atoms with Gasteiger partial charge in [-0.05, 0) is 41.1 Å². The van der Waals surface area contributed by atoms with Crippen molar-refractivity contribution in [3.8, 4) is 5.75 Å². The van der Waals surface area contributed by atoms with Crippen LogP contribution in [0.3, 0.4) is 0 Å². The van der Waals surface area contributed by atoms with Gasteiger partial charge in [-0.3, -0.25) is 4.79 Å². The molecule has 0 radical (unpaired) electrons. The van der Waals surface area contributed by atoms with Gasteiger partial charge in [0.05, 0.1) is 5.56 Å². The van der Waals surface area contributed by atoms with E-state index in [1.807, 2.05) is 6.07 Å². The Balaban J connectivity index is 2.09. The van der Waals surface area contributed by atoms with Crippen molar-refractivity contribution in [3.63, 3.8) is 0 Å². The van der Waals surface area contributed by atoms with Crippen molar-refractivity contribution in [1.82, 2.24) is 0 Å². The van der Waals surface area contributed by atoms with Gasteiger partial charge in [-0.2, -0.15) is 0 Å². The highest BCUT2D eigenvalue weighted by molar-refractivity contribution is 9.10. The van der Waals surface area contributed by atoms with Crippen LogP contribution in [0.1, 0.15) is 15.9 Å². The maximum Gasteiger partial charge on any atom is 0.153 e. The fraction of sp³-hybridized carbons (Fsp3) is 0.0714. The number of halogens is 1. The monoisotopic (exact) mass is 319 g/mol. The zero-order valence-electron chi connectivity index (χ0n) is 9.88. The lowest BCUT2D eigenvalue weighted by atomic mass is 10.2. The minimum absolute atomic E-state index is 0.321. The van der Waals surface area contributed by atoms with Gasteiger partial charge in [0, 0.05) is 4.47 Å². The van der Waals surface area contributed by atoms with E-state index in [1.54, 1.807) is 36.4 Å². The Kier molecular flexibility index (Phi) is 4.41. The molecule has 0 atom stereocenters. The maximum absolute atomic E-state index is 10.9. The van der Waals surface area contributed by atoms with Gasteiger partial charge in [0.1, 0.15) is 18.0 Å². The first-order valence-electron chi connectivity index (χ1n) is 5.53. The Morgan fingerprint density at radius 1 is 1.16 bits per heavy atom. The summed E-state index contributed by atoms with van der Waals surface area (Å²) >= 11 is 3.29. The zero-order chi connectivity index (χ0) is 13.7. The van der Waals surface area contributed by atoms with Gasteiger partial charge < -0.3 is 4.74 Å². The van der Waals surface area contributed by atoms with Gasteiger partial charge >= 0.3 is 0 Å². The van der Waals surface area contributed by atoms with E-state index in [1.165, 1.54) is 0 Å². The van der Waals surface area contributed by atoms with Crippen LogP contribution < -0.4 is 4.74 Å². The van der Waals surface area contributed by atoms with Crippen LogP contribution in [-0.4, -0.2) is 6.29 Å². The quantitative estimate of drug-likeness (QED) is 0.611. The minimum Gasteiger partial charge on any atom is -0.488 e. The molecule has 0 amide bonds. The standard InChI is InChI=1S/C14H10BrNO3/c15-12-3-6-14(11(7-12)8-17)19-9-10-1-4-13(16-18)5-2-10/h1-8H,9H2. The second kappa shape index (κ2) is 6.24. The van der Waals surface area contributed by atoms with E-state index in [0.29, 0.717) is 23.6 Å². The Bertz CT molecular complexity index is 596. The van der Waals surface area contributed by atoms with Crippen molar-refractivity contribution < 1.29 is 9.53 Å². The second-order valence-electron chi connectivity index (χ2n) is 3.85. The molecular formula is C14H10BrNO3. The van der Waals surface area contributed by atoms with Crippen molar-refractivity contribution in [2.75, 3.05) is 0 Å². The van der Waals surface area contributed by atoms with E-state index in [2.05, 4.69) is 21.1 Å². The Morgan fingerprint density at radius 3 is 2.53 bits per heavy atom. The summed E-state index contributed by atoms with van der Waals surface area (Å²) < 4.78 is 6.40. The van der Waals surface area contributed by atoms with Crippen LogP contribution in [-0.2, 0) is 6.61 Å². The van der Waals surface area contributed by atoms with Gasteiger partial charge in [0.25, 0.3) is 0 Å². The third kappa shape index (κ3) is 3.48. The smallest absolute Gasteiger partial charge is 0.153 e. The molecule has 96 valence electrons. The van der Waals surface area contributed by atoms with E-state index in [4.69, 9.17) is 4.74 Å². The number of rotatable bonds is 5. The molecule has 0 aliphatic rings. The molecule has 19 heavy (non-hydrogen) atoms. The first-order chi connectivity index (χ1) is 9.22. The third-order valence-electron chi connectivity index (χ3n) is 2.53. The average Bonchev–Trinajstić information content (AvgIpc) is 2.46. The summed E-state index contributed by atoms with van der Waals surface area (Å²) in [6.07, 6.45) is 0.750. The van der Waals surface area contributed by atoms with Gasteiger partial charge in [-0.15, -0.1) is 4.91 Å². The molecular weight excluding hydrogens is 310 g/mol. The van der Waals surface area contributed by atoms with Crippen LogP contribution in [0.4, 0.5) is 5.69 Å². The predicted molar refractivity (Wildman–Crippen MR) is 75.8 cm³/mol. The van der Waals surface area contributed by atoms with E-state index in [0.717, 1.165) is 16.3 Å². The summed E-state index contributed by atoms with van der Waals surface area (Å²) in [6, 6.07) is 12.0. The topological polar surface area (TPSA) is 55.7 Å². The summed E-state index contributed by atoms with van der Waals surface area (Å²) in [7, 11) is 0. The Hall–Kier alpha value is -2.01. The van der Waals surface area contributed by atoms with Crippen molar-refractivity contribution >= 4 is 27.9 Å². The second-order valence-corrected chi connectivity index (χ2v) is 4.76. The molecule has 2 aromatic carbocycles. The summed E-state index contributed by atoms with van der Waals surface area (Å²) in [6.45, 7) is 0.321. The first kappa shape index (κ1) is 13.4. The van der Waals surface area contributed by atoms with Crippen molar-refractivity contribution in [2.24, 2.45) is 5.18 Å². The van der Waals surface area contributed by atoms with E-state index in [9.17, 15) is 9.70 Å². The summed E-state index contributed by atoms with van der Waals surface area (Å²) in [5.74, 6) is 0.524. The molecule has 0 aliphatic carbocycles. The number of benzene rings is 2. The molecule has 4 nitrogen and oxygen atoms in total. The van der Waals surface area contributed by atoms with Crippen LogP contribution in [0.15, 0.2) is 52.1 Å². The van der Waals surface area contributed by atoms with Crippen molar-refractivity contribution in [3.05, 3.63) is 63.0 Å². The molecule has 0 saturated carbocycles. The number of ether oxygens (including phenoxy) is 1. The number of hydrogen-bond donors (Lipinski definition) is 0. The molecule has 0 fully saturated rings. The number of hydrogen-bond acceptors (Lipinski definition) is 4. The lowest BCUT2D eigenvalue weighted by Gasteiger charge is -2.08. The lowest BCUT2D eigenvalue weighted by molar-refractivity contribution is 0.111. The predicted octanol–water partition coefficient (Wildman–Crippen LogP) is 4.24. The highest BCUT2D eigenvalue weighted by Gasteiger charge is 2.04. The Morgan fingerprint density at radius 2 is 1.89 bits per heavy atom. The molecule has 5 heteroatoms. The number of carbonyl (C=O) groups excluding carboxylic acids is 1. The fourth-order valence-corrected chi connectivity index (χ4v) is 1.94. The van der Waals surface area contributed by atoms with E-state index >= 15 is 0 Å². The number of carbonyl (C=O) groups is 1. The molecule has 0 N–H and O–H groups in total. The van der Waals surface area contributed by atoms with Crippen molar-refractivity contribution in [1.29, 1.82) is 0 Å². The first-order valence-corrected chi connectivity index (χ1v) is 6.32. The highest BCUT2D eigenvalue weighted by Crippen LogP contribution is 2.23. The third-order valence-corrected chi connectivity index (χ3v) is 3.03.